The highest BCUT2D eigenvalue weighted by Crippen LogP contribution is 2.28. The van der Waals surface area contributed by atoms with Gasteiger partial charge in [-0.05, 0) is 44.2 Å². The number of aryl methyl sites for hydroxylation is 2. The van der Waals surface area contributed by atoms with E-state index in [9.17, 15) is 4.79 Å². The molecule has 1 saturated heterocycles. The van der Waals surface area contributed by atoms with E-state index in [4.69, 9.17) is 23.2 Å². The number of anilines is 1. The summed E-state index contributed by atoms with van der Waals surface area (Å²) in [6, 6.07) is 11.7. The molecule has 0 N–H and O–H groups in total. The minimum absolute atomic E-state index is 0. The minimum Gasteiger partial charge on any atom is -0.368 e. The van der Waals surface area contributed by atoms with Gasteiger partial charge in [0.1, 0.15) is 0 Å². The highest BCUT2D eigenvalue weighted by molar-refractivity contribution is 6.42. The molecule has 1 fully saturated rings. The third-order valence-electron chi connectivity index (χ3n) is 4.30. The molecule has 1 heterocycles. The van der Waals surface area contributed by atoms with Crippen LogP contribution in [0.2, 0.25) is 10.0 Å². The lowest BCUT2D eigenvalue weighted by Gasteiger charge is -2.36. The van der Waals surface area contributed by atoms with Crippen LogP contribution in [-0.2, 0) is 0 Å². The number of carbonyl (C=O) groups is 1. The number of halogens is 3. The van der Waals surface area contributed by atoms with Gasteiger partial charge in [0, 0.05) is 37.4 Å². The maximum Gasteiger partial charge on any atom is 0.253 e. The summed E-state index contributed by atoms with van der Waals surface area (Å²) in [5.41, 5.74) is 4.05. The smallest absolute Gasteiger partial charge is 0.253 e. The van der Waals surface area contributed by atoms with E-state index in [0.29, 0.717) is 23.1 Å². The normalized spacial score (nSPS) is 14.2. The largest absolute Gasteiger partial charge is 0.368 e. The van der Waals surface area contributed by atoms with E-state index >= 15 is 0 Å². The molecule has 0 unspecified atom stereocenters. The van der Waals surface area contributed by atoms with Crippen LogP contribution in [0.15, 0.2) is 36.4 Å². The number of carbonyl (C=O) groups excluding carboxylic acids is 1. The molecule has 0 spiro atoms. The molecule has 3 nitrogen and oxygen atoms in total. The number of nitrogens with zero attached hydrogens (tertiary/aromatic N) is 2. The van der Waals surface area contributed by atoms with E-state index in [1.807, 2.05) is 49.1 Å². The lowest BCUT2D eigenvalue weighted by atomic mass is 10.1. The number of benzene rings is 2. The van der Waals surface area contributed by atoms with Gasteiger partial charge in [-0.1, -0.05) is 40.4 Å². The van der Waals surface area contributed by atoms with Gasteiger partial charge in [-0.25, -0.2) is 0 Å². The zero-order valence-corrected chi connectivity index (χ0v) is 16.6. The molecule has 0 bridgehead atoms. The van der Waals surface area contributed by atoms with E-state index in [0.717, 1.165) is 35.5 Å². The quantitative estimate of drug-likeness (QED) is 0.710. The van der Waals surface area contributed by atoms with Crippen molar-refractivity contribution in [1.82, 2.24) is 4.90 Å². The fourth-order valence-corrected chi connectivity index (χ4v) is 3.42. The van der Waals surface area contributed by atoms with E-state index in [-0.39, 0.29) is 18.3 Å². The number of hydrogen-bond donors (Lipinski definition) is 0. The second-order valence-electron chi connectivity index (χ2n) is 6.25. The maximum atomic E-state index is 12.7. The Kier molecular flexibility index (Phi) is 6.61. The molecule has 2 aromatic rings. The van der Waals surface area contributed by atoms with Crippen LogP contribution in [0.25, 0.3) is 0 Å². The average Bonchev–Trinajstić information content (AvgIpc) is 2.56. The lowest BCUT2D eigenvalue weighted by molar-refractivity contribution is 0.0746. The second kappa shape index (κ2) is 8.31. The Morgan fingerprint density at radius 2 is 1.48 bits per heavy atom. The highest BCUT2D eigenvalue weighted by atomic mass is 35.5. The van der Waals surface area contributed by atoms with Gasteiger partial charge in [-0.2, -0.15) is 0 Å². The predicted octanol–water partition coefficient (Wildman–Crippen LogP) is 4.99. The van der Waals surface area contributed by atoms with Crippen molar-refractivity contribution in [2.45, 2.75) is 13.8 Å². The van der Waals surface area contributed by atoms with Crippen molar-refractivity contribution in [2.75, 3.05) is 31.1 Å². The molecule has 3 rings (SSSR count). The summed E-state index contributed by atoms with van der Waals surface area (Å²) in [7, 11) is 0. The molecule has 0 aromatic heterocycles. The first-order valence-corrected chi connectivity index (χ1v) is 8.77. The van der Waals surface area contributed by atoms with Gasteiger partial charge in [0.2, 0.25) is 0 Å². The number of piperazine rings is 1. The van der Waals surface area contributed by atoms with Gasteiger partial charge in [-0.3, -0.25) is 4.79 Å². The summed E-state index contributed by atoms with van der Waals surface area (Å²) >= 11 is 12.1. The topological polar surface area (TPSA) is 23.6 Å². The third kappa shape index (κ3) is 4.60. The molecule has 25 heavy (non-hydrogen) atoms. The number of rotatable bonds is 2. The van der Waals surface area contributed by atoms with E-state index < -0.39 is 0 Å². The fraction of sp³-hybridized carbons (Fsp3) is 0.316. The van der Waals surface area contributed by atoms with Crippen LogP contribution in [-0.4, -0.2) is 37.0 Å². The van der Waals surface area contributed by atoms with Gasteiger partial charge < -0.3 is 9.80 Å². The Morgan fingerprint density at radius 3 is 2.04 bits per heavy atom. The Morgan fingerprint density at radius 1 is 0.880 bits per heavy atom. The van der Waals surface area contributed by atoms with Crippen molar-refractivity contribution in [3.8, 4) is 0 Å². The van der Waals surface area contributed by atoms with Crippen LogP contribution in [0.3, 0.4) is 0 Å². The molecule has 1 aliphatic heterocycles. The Balaban J connectivity index is 0.00000225. The van der Waals surface area contributed by atoms with Gasteiger partial charge >= 0.3 is 0 Å². The average molecular weight is 400 g/mol. The van der Waals surface area contributed by atoms with Gasteiger partial charge in [0.25, 0.3) is 5.91 Å². The summed E-state index contributed by atoms with van der Waals surface area (Å²) in [6.07, 6.45) is 0. The van der Waals surface area contributed by atoms with Crippen molar-refractivity contribution in [3.63, 3.8) is 0 Å². The summed E-state index contributed by atoms with van der Waals surface area (Å²) in [6.45, 7) is 7.01. The van der Waals surface area contributed by atoms with Crippen LogP contribution in [0, 0.1) is 13.8 Å². The molecule has 134 valence electrons. The second-order valence-corrected chi connectivity index (χ2v) is 7.07. The van der Waals surface area contributed by atoms with E-state index in [2.05, 4.69) is 11.0 Å². The Bertz CT molecular complexity index is 751. The van der Waals surface area contributed by atoms with Crippen LogP contribution >= 0.6 is 35.6 Å². The first-order chi connectivity index (χ1) is 11.4. The van der Waals surface area contributed by atoms with Crippen LogP contribution in [0.1, 0.15) is 21.5 Å². The van der Waals surface area contributed by atoms with Crippen LogP contribution in [0.4, 0.5) is 5.69 Å². The first-order valence-electron chi connectivity index (χ1n) is 8.01. The van der Waals surface area contributed by atoms with Crippen LogP contribution in [0.5, 0.6) is 0 Å². The summed E-state index contributed by atoms with van der Waals surface area (Å²) in [5.74, 6) is 0.107. The summed E-state index contributed by atoms with van der Waals surface area (Å²) < 4.78 is 0. The van der Waals surface area contributed by atoms with Gasteiger partial charge in [0.15, 0.2) is 0 Å². The Hall–Kier alpha value is -1.42. The predicted molar refractivity (Wildman–Crippen MR) is 108 cm³/mol. The van der Waals surface area contributed by atoms with Crippen molar-refractivity contribution < 1.29 is 4.79 Å². The molecule has 1 amide bonds. The maximum absolute atomic E-state index is 12.7. The van der Waals surface area contributed by atoms with Gasteiger partial charge in [-0.15, -0.1) is 12.4 Å². The van der Waals surface area contributed by atoms with Crippen molar-refractivity contribution in [3.05, 3.63) is 63.1 Å². The molecule has 0 radical (unpaired) electrons. The Labute approximate surface area is 164 Å². The molecular weight excluding hydrogens is 379 g/mol. The molecular formula is C19H21Cl3N2O. The third-order valence-corrected chi connectivity index (χ3v) is 5.04. The fourth-order valence-electron chi connectivity index (χ4n) is 3.13. The van der Waals surface area contributed by atoms with E-state index in [1.54, 1.807) is 0 Å². The van der Waals surface area contributed by atoms with Gasteiger partial charge in [0.05, 0.1) is 10.0 Å². The van der Waals surface area contributed by atoms with Crippen molar-refractivity contribution in [1.29, 1.82) is 0 Å². The zero-order valence-electron chi connectivity index (χ0n) is 14.3. The first kappa shape index (κ1) is 19.9. The summed E-state index contributed by atoms with van der Waals surface area (Å²) in [5, 5.41) is 1.12. The van der Waals surface area contributed by atoms with Crippen molar-refractivity contribution >= 4 is 47.2 Å². The SMILES string of the molecule is Cc1cc(C)cc(C(=O)N2CCN(c3ccc(Cl)c(Cl)c3)CC2)c1.Cl. The van der Waals surface area contributed by atoms with E-state index in [1.165, 1.54) is 0 Å². The monoisotopic (exact) mass is 398 g/mol. The molecule has 2 aromatic carbocycles. The van der Waals surface area contributed by atoms with Crippen molar-refractivity contribution in [2.24, 2.45) is 0 Å². The zero-order chi connectivity index (χ0) is 17.3. The highest BCUT2D eigenvalue weighted by Gasteiger charge is 2.22. The van der Waals surface area contributed by atoms with Crippen LogP contribution < -0.4 is 4.90 Å². The number of amides is 1. The lowest BCUT2D eigenvalue weighted by Crippen LogP contribution is -2.48. The molecule has 6 heteroatoms. The molecule has 0 saturated carbocycles. The number of hydrogen-bond acceptors (Lipinski definition) is 2. The molecule has 0 atom stereocenters. The molecule has 1 aliphatic rings. The summed E-state index contributed by atoms with van der Waals surface area (Å²) in [4.78, 5) is 16.9. The standard InChI is InChI=1S/C19H20Cl2N2O.ClH/c1-13-9-14(2)11-15(10-13)19(24)23-7-5-22(6-8-23)16-3-4-17(20)18(21)12-16;/h3-4,9-12H,5-8H2,1-2H3;1H. The minimum atomic E-state index is 0. The molecule has 0 aliphatic carbocycles.